The van der Waals surface area contributed by atoms with Crippen LogP contribution in [0.15, 0.2) is 61.2 Å². The molecule has 0 radical (unpaired) electrons. The molecule has 35 heavy (non-hydrogen) atoms. The lowest BCUT2D eigenvalue weighted by Gasteiger charge is -2.31. The molecule has 1 unspecified atom stereocenters. The van der Waals surface area contributed by atoms with Gasteiger partial charge in [0.15, 0.2) is 5.82 Å². The Kier molecular flexibility index (Phi) is 5.45. The van der Waals surface area contributed by atoms with E-state index in [-0.39, 0.29) is 11.4 Å². The molecule has 1 atom stereocenters. The molecule has 8 nitrogen and oxygen atoms in total. The predicted molar refractivity (Wildman–Crippen MR) is 132 cm³/mol. The predicted octanol–water partition coefficient (Wildman–Crippen LogP) is 3.40. The first kappa shape index (κ1) is 21.7. The highest BCUT2D eigenvalue weighted by Crippen LogP contribution is 2.35. The van der Waals surface area contributed by atoms with Gasteiger partial charge < -0.3 is 15.0 Å². The minimum absolute atomic E-state index is 0.0248. The van der Waals surface area contributed by atoms with Crippen molar-refractivity contribution in [2.75, 3.05) is 31.5 Å². The van der Waals surface area contributed by atoms with Crippen molar-refractivity contribution in [2.45, 2.75) is 31.8 Å². The van der Waals surface area contributed by atoms with Crippen LogP contribution in [0.2, 0.25) is 0 Å². The number of benzene rings is 2. The Morgan fingerprint density at radius 3 is 2.94 bits per heavy atom. The van der Waals surface area contributed by atoms with Crippen LogP contribution >= 0.6 is 0 Å². The number of nitrogens with one attached hydrogen (secondary N) is 1. The number of esters is 1. The smallest absolute Gasteiger partial charge is 0.338 e. The number of hydrogen-bond donors (Lipinski definition) is 1. The van der Waals surface area contributed by atoms with Crippen LogP contribution in [0.25, 0.3) is 5.65 Å². The second-order valence-corrected chi connectivity index (χ2v) is 9.57. The number of fused-ring (bicyclic) bond motifs is 2. The second kappa shape index (κ2) is 8.78. The van der Waals surface area contributed by atoms with Gasteiger partial charge in [0.2, 0.25) is 5.65 Å². The number of cyclic esters (lactones) is 1. The molecule has 8 heteroatoms. The number of anilines is 1. The van der Waals surface area contributed by atoms with Crippen molar-refractivity contribution in [3.05, 3.63) is 89.0 Å². The molecule has 1 fully saturated rings. The van der Waals surface area contributed by atoms with Gasteiger partial charge in [0.05, 0.1) is 5.56 Å². The highest BCUT2D eigenvalue weighted by molar-refractivity contribution is 5.93. The zero-order valence-electron chi connectivity index (χ0n) is 19.8. The molecule has 0 spiro atoms. The Balaban J connectivity index is 1.19. The van der Waals surface area contributed by atoms with E-state index in [9.17, 15) is 4.79 Å². The topological polar surface area (TPSA) is 84.7 Å². The van der Waals surface area contributed by atoms with E-state index in [0.29, 0.717) is 6.61 Å². The molecule has 0 saturated carbocycles. The van der Waals surface area contributed by atoms with Gasteiger partial charge in [0, 0.05) is 43.0 Å². The van der Waals surface area contributed by atoms with Gasteiger partial charge in [-0.3, -0.25) is 4.40 Å². The van der Waals surface area contributed by atoms with Crippen LogP contribution in [0.1, 0.15) is 39.0 Å². The van der Waals surface area contributed by atoms with Crippen molar-refractivity contribution < 1.29 is 9.53 Å². The van der Waals surface area contributed by atoms with Gasteiger partial charge in [-0.1, -0.05) is 36.4 Å². The van der Waals surface area contributed by atoms with Crippen LogP contribution in [0, 0.1) is 6.92 Å². The van der Waals surface area contributed by atoms with Gasteiger partial charge >= 0.3 is 5.97 Å². The Hall–Kier alpha value is -3.78. The fourth-order valence-electron chi connectivity index (χ4n) is 5.51. The lowest BCUT2D eigenvalue weighted by atomic mass is 9.79. The minimum atomic E-state index is -0.203. The highest BCUT2D eigenvalue weighted by Gasteiger charge is 2.39. The zero-order valence-corrected chi connectivity index (χ0v) is 19.8. The first-order valence-electron chi connectivity index (χ1n) is 12.1. The third-order valence-corrected chi connectivity index (χ3v) is 7.60. The first-order chi connectivity index (χ1) is 17.1. The zero-order chi connectivity index (χ0) is 23.8. The van der Waals surface area contributed by atoms with E-state index in [1.807, 2.05) is 16.7 Å². The van der Waals surface area contributed by atoms with Crippen molar-refractivity contribution in [2.24, 2.45) is 0 Å². The Morgan fingerprint density at radius 2 is 2.06 bits per heavy atom. The average Bonchev–Trinajstić information content (AvgIpc) is 3.63. The number of ether oxygens (including phenoxy) is 1. The minimum Gasteiger partial charge on any atom is -0.457 e. The molecule has 6 rings (SSSR count). The van der Waals surface area contributed by atoms with Gasteiger partial charge in [-0.05, 0) is 49.1 Å². The summed E-state index contributed by atoms with van der Waals surface area (Å²) in [5.41, 5.74) is 6.30. The van der Waals surface area contributed by atoms with Gasteiger partial charge in [0.25, 0.3) is 0 Å². The van der Waals surface area contributed by atoms with E-state index in [1.165, 1.54) is 16.7 Å². The quantitative estimate of drug-likeness (QED) is 0.416. The normalized spacial score (nSPS) is 19.7. The van der Waals surface area contributed by atoms with Gasteiger partial charge in [-0.25, -0.2) is 9.78 Å². The molecule has 4 aromatic rings. The van der Waals surface area contributed by atoms with Crippen LogP contribution in [-0.2, 0) is 23.2 Å². The van der Waals surface area contributed by atoms with Crippen LogP contribution in [0.4, 0.5) is 5.82 Å². The number of aromatic nitrogens is 4. The Morgan fingerprint density at radius 1 is 1.17 bits per heavy atom. The summed E-state index contributed by atoms with van der Waals surface area (Å²) in [5.74, 6) is 0.551. The van der Waals surface area contributed by atoms with Crippen LogP contribution in [-0.4, -0.2) is 56.6 Å². The molecule has 178 valence electrons. The monoisotopic (exact) mass is 468 g/mol. The maximum absolute atomic E-state index is 11.9. The lowest BCUT2D eigenvalue weighted by molar-refractivity contribution is 0.0535. The molecule has 2 aliphatic heterocycles. The molecule has 1 N–H and O–H groups in total. The molecule has 1 saturated heterocycles. The summed E-state index contributed by atoms with van der Waals surface area (Å²) in [7, 11) is 0. The third kappa shape index (κ3) is 3.93. The van der Waals surface area contributed by atoms with Gasteiger partial charge in [0.1, 0.15) is 12.9 Å². The van der Waals surface area contributed by atoms with Crippen LogP contribution in [0.3, 0.4) is 0 Å². The molecule has 2 aliphatic rings. The molecular formula is C27H28N6O2. The van der Waals surface area contributed by atoms with E-state index in [4.69, 9.17) is 4.74 Å². The molecule has 0 aliphatic carbocycles. The van der Waals surface area contributed by atoms with Gasteiger partial charge in [-0.2, -0.15) is 0 Å². The summed E-state index contributed by atoms with van der Waals surface area (Å²) >= 11 is 0. The summed E-state index contributed by atoms with van der Waals surface area (Å²) < 4.78 is 7.11. The molecule has 0 amide bonds. The molecule has 0 bridgehead atoms. The first-order valence-corrected chi connectivity index (χ1v) is 12.1. The van der Waals surface area contributed by atoms with Crippen molar-refractivity contribution in [1.29, 1.82) is 0 Å². The number of carbonyl (C=O) groups excluding carboxylic acids is 1. The van der Waals surface area contributed by atoms with Crippen molar-refractivity contribution >= 4 is 17.4 Å². The Labute approximate surface area is 204 Å². The number of likely N-dealkylation sites (tertiary alicyclic amines) is 1. The fraction of sp³-hybridized carbons (Fsp3) is 0.333. The number of rotatable bonds is 7. The number of nitrogens with zero attached hydrogens (tertiary/aromatic N) is 5. The maximum Gasteiger partial charge on any atom is 0.338 e. The molecular weight excluding hydrogens is 440 g/mol. The SMILES string of the molecule is Cc1c(CCN2CCC(CNc3nccn4cnnc34)(c3ccccc3)C2)ccc2c1COC2=O. The highest BCUT2D eigenvalue weighted by atomic mass is 16.5. The lowest BCUT2D eigenvalue weighted by Crippen LogP contribution is -2.38. The Bertz CT molecular complexity index is 1390. The van der Waals surface area contributed by atoms with E-state index < -0.39 is 0 Å². The summed E-state index contributed by atoms with van der Waals surface area (Å²) in [5, 5.41) is 11.8. The fourth-order valence-corrected chi connectivity index (χ4v) is 5.51. The number of carbonyl (C=O) groups is 1. The molecule has 2 aromatic carbocycles. The number of hydrogen-bond acceptors (Lipinski definition) is 7. The standard InChI is InChI=1S/C27H28N6O2/c1-19-20(7-8-22-23(19)15-35-26(22)34)9-12-32-13-10-27(17-32,21-5-3-2-4-6-21)16-29-24-25-31-30-18-33(25)14-11-28-24/h2-8,11,14,18H,9-10,12-13,15-17H2,1H3,(H,28,29). The largest absolute Gasteiger partial charge is 0.457 e. The van der Waals surface area contributed by atoms with Crippen molar-refractivity contribution in [1.82, 2.24) is 24.5 Å². The van der Waals surface area contributed by atoms with Crippen LogP contribution in [0.5, 0.6) is 0 Å². The molecule has 2 aromatic heterocycles. The van der Waals surface area contributed by atoms with Crippen LogP contribution < -0.4 is 5.32 Å². The van der Waals surface area contributed by atoms with Crippen molar-refractivity contribution in [3.63, 3.8) is 0 Å². The van der Waals surface area contributed by atoms with E-state index in [0.717, 1.165) is 61.6 Å². The van der Waals surface area contributed by atoms with E-state index in [1.54, 1.807) is 12.5 Å². The average molecular weight is 469 g/mol. The second-order valence-electron chi connectivity index (χ2n) is 9.57. The van der Waals surface area contributed by atoms with Gasteiger partial charge in [-0.15, -0.1) is 10.2 Å². The van der Waals surface area contributed by atoms with Crippen molar-refractivity contribution in [3.8, 4) is 0 Å². The third-order valence-electron chi connectivity index (χ3n) is 7.60. The summed E-state index contributed by atoms with van der Waals surface area (Å²) in [6, 6.07) is 14.8. The summed E-state index contributed by atoms with van der Waals surface area (Å²) in [6.45, 7) is 6.24. The maximum atomic E-state index is 11.9. The van der Waals surface area contributed by atoms with E-state index >= 15 is 0 Å². The summed E-state index contributed by atoms with van der Waals surface area (Å²) in [6.07, 6.45) is 7.33. The summed E-state index contributed by atoms with van der Waals surface area (Å²) in [4.78, 5) is 18.9. The molecule has 4 heterocycles. The van der Waals surface area contributed by atoms with E-state index in [2.05, 4.69) is 68.7 Å².